The fourth-order valence-electron chi connectivity index (χ4n) is 1.06. The molecule has 0 heterocycles. The highest BCUT2D eigenvalue weighted by atomic mass is 79.9. The van der Waals surface area contributed by atoms with Crippen LogP contribution in [-0.2, 0) is 0 Å². The number of allylic oxidation sites excluding steroid dienone is 1. The predicted octanol–water partition coefficient (Wildman–Crippen LogP) is 4.01. The van der Waals surface area contributed by atoms with Gasteiger partial charge in [-0.1, -0.05) is 42.3 Å². The van der Waals surface area contributed by atoms with E-state index >= 15 is 0 Å². The molecule has 0 radical (unpaired) electrons. The van der Waals surface area contributed by atoms with Crippen molar-refractivity contribution in [2.24, 2.45) is 11.8 Å². The van der Waals surface area contributed by atoms with Crippen molar-refractivity contribution in [1.29, 1.82) is 0 Å². The van der Waals surface area contributed by atoms with Crippen LogP contribution in [0.15, 0.2) is 12.7 Å². The SMILES string of the molecule is C=CCC(CBr)CCC(C)C. The molecule has 0 saturated carbocycles. The number of alkyl halides is 1. The summed E-state index contributed by atoms with van der Waals surface area (Å²) < 4.78 is 0. The molecule has 11 heavy (non-hydrogen) atoms. The van der Waals surface area contributed by atoms with Crippen molar-refractivity contribution in [3.8, 4) is 0 Å². The summed E-state index contributed by atoms with van der Waals surface area (Å²) in [7, 11) is 0. The van der Waals surface area contributed by atoms with Crippen LogP contribution in [0.2, 0.25) is 0 Å². The molecule has 1 heteroatoms. The summed E-state index contributed by atoms with van der Waals surface area (Å²) in [6, 6.07) is 0. The lowest BCUT2D eigenvalue weighted by atomic mass is 9.97. The molecule has 0 fully saturated rings. The molecule has 66 valence electrons. The zero-order valence-corrected chi connectivity index (χ0v) is 9.23. The summed E-state index contributed by atoms with van der Waals surface area (Å²) in [5, 5.41) is 1.12. The molecule has 0 aliphatic heterocycles. The molecule has 0 saturated heterocycles. The lowest BCUT2D eigenvalue weighted by Gasteiger charge is -2.12. The summed E-state index contributed by atoms with van der Waals surface area (Å²) in [6.45, 7) is 8.31. The third-order valence-electron chi connectivity index (χ3n) is 1.87. The first-order valence-electron chi connectivity index (χ1n) is 4.37. The minimum absolute atomic E-state index is 0.801. The average Bonchev–Trinajstić information content (AvgIpc) is 1.97. The molecule has 1 unspecified atom stereocenters. The van der Waals surface area contributed by atoms with Crippen LogP contribution in [0, 0.1) is 11.8 Å². The molecule has 0 bridgehead atoms. The van der Waals surface area contributed by atoms with Gasteiger partial charge < -0.3 is 0 Å². The second-order valence-electron chi connectivity index (χ2n) is 3.52. The molecule has 0 aliphatic carbocycles. The topological polar surface area (TPSA) is 0 Å². The number of halogens is 1. The van der Waals surface area contributed by atoms with Gasteiger partial charge in [-0.2, -0.15) is 0 Å². The molecule has 0 N–H and O–H groups in total. The van der Waals surface area contributed by atoms with Crippen LogP contribution in [-0.4, -0.2) is 5.33 Å². The van der Waals surface area contributed by atoms with Crippen LogP contribution >= 0.6 is 15.9 Å². The molecule has 0 aromatic heterocycles. The zero-order chi connectivity index (χ0) is 8.69. The first-order chi connectivity index (χ1) is 5.20. The number of rotatable bonds is 6. The van der Waals surface area contributed by atoms with Crippen LogP contribution in [0.1, 0.15) is 33.1 Å². The van der Waals surface area contributed by atoms with Crippen molar-refractivity contribution >= 4 is 15.9 Å². The van der Waals surface area contributed by atoms with Crippen LogP contribution in [0.5, 0.6) is 0 Å². The first-order valence-corrected chi connectivity index (χ1v) is 5.49. The number of hydrogen-bond acceptors (Lipinski definition) is 0. The van der Waals surface area contributed by atoms with E-state index in [0.29, 0.717) is 0 Å². The number of hydrogen-bond donors (Lipinski definition) is 0. The highest BCUT2D eigenvalue weighted by Crippen LogP contribution is 2.17. The Bertz CT molecular complexity index is 97.0. The predicted molar refractivity (Wildman–Crippen MR) is 56.2 cm³/mol. The minimum Gasteiger partial charge on any atom is -0.103 e. The van der Waals surface area contributed by atoms with Gasteiger partial charge in [0.05, 0.1) is 0 Å². The van der Waals surface area contributed by atoms with Crippen molar-refractivity contribution in [3.05, 3.63) is 12.7 Å². The van der Waals surface area contributed by atoms with Gasteiger partial charge in [-0.3, -0.25) is 0 Å². The smallest absolute Gasteiger partial charge is 0.00626 e. The second-order valence-corrected chi connectivity index (χ2v) is 4.16. The van der Waals surface area contributed by atoms with E-state index in [1.54, 1.807) is 0 Å². The van der Waals surface area contributed by atoms with Gasteiger partial charge in [-0.15, -0.1) is 6.58 Å². The molecular weight excluding hydrogens is 200 g/mol. The van der Waals surface area contributed by atoms with Crippen molar-refractivity contribution in [2.75, 3.05) is 5.33 Å². The van der Waals surface area contributed by atoms with Crippen molar-refractivity contribution in [2.45, 2.75) is 33.1 Å². The zero-order valence-electron chi connectivity index (χ0n) is 7.65. The normalized spacial score (nSPS) is 13.5. The summed E-state index contributed by atoms with van der Waals surface area (Å²) in [6.07, 6.45) is 5.84. The maximum absolute atomic E-state index is 3.75. The summed E-state index contributed by atoms with van der Waals surface area (Å²) >= 11 is 3.52. The third-order valence-corrected chi connectivity index (χ3v) is 2.79. The van der Waals surface area contributed by atoms with E-state index in [2.05, 4.69) is 36.4 Å². The molecule has 1 atom stereocenters. The largest absolute Gasteiger partial charge is 0.103 e. The quantitative estimate of drug-likeness (QED) is 0.467. The van der Waals surface area contributed by atoms with Gasteiger partial charge in [-0.05, 0) is 24.7 Å². The van der Waals surface area contributed by atoms with Gasteiger partial charge >= 0.3 is 0 Å². The highest BCUT2D eigenvalue weighted by Gasteiger charge is 2.05. The Kier molecular flexibility index (Phi) is 7.04. The van der Waals surface area contributed by atoms with E-state index in [-0.39, 0.29) is 0 Å². The molecule has 0 spiro atoms. The lowest BCUT2D eigenvalue weighted by Crippen LogP contribution is -2.02. The lowest BCUT2D eigenvalue weighted by molar-refractivity contribution is 0.460. The van der Waals surface area contributed by atoms with E-state index in [1.165, 1.54) is 12.8 Å². The van der Waals surface area contributed by atoms with E-state index in [4.69, 9.17) is 0 Å². The van der Waals surface area contributed by atoms with Crippen LogP contribution < -0.4 is 0 Å². The van der Waals surface area contributed by atoms with Crippen molar-refractivity contribution < 1.29 is 0 Å². The molecule has 0 aromatic carbocycles. The van der Waals surface area contributed by atoms with Crippen LogP contribution in [0.25, 0.3) is 0 Å². The Hall–Kier alpha value is 0.220. The monoisotopic (exact) mass is 218 g/mol. The first kappa shape index (κ1) is 11.2. The van der Waals surface area contributed by atoms with E-state index in [0.717, 1.165) is 23.6 Å². The summed E-state index contributed by atoms with van der Waals surface area (Å²) in [5.41, 5.74) is 0. The van der Waals surface area contributed by atoms with E-state index in [9.17, 15) is 0 Å². The maximum Gasteiger partial charge on any atom is 0.00626 e. The molecule has 0 aliphatic rings. The van der Waals surface area contributed by atoms with E-state index in [1.807, 2.05) is 6.08 Å². The molecule has 0 aromatic rings. The summed E-state index contributed by atoms with van der Waals surface area (Å²) in [5.74, 6) is 1.64. The van der Waals surface area contributed by atoms with Crippen molar-refractivity contribution in [1.82, 2.24) is 0 Å². The molecule has 0 nitrogen and oxygen atoms in total. The average molecular weight is 219 g/mol. The molecule has 0 rings (SSSR count). The Morgan fingerprint density at radius 1 is 1.36 bits per heavy atom. The second kappa shape index (κ2) is 6.90. The summed E-state index contributed by atoms with van der Waals surface area (Å²) in [4.78, 5) is 0. The minimum atomic E-state index is 0.801. The van der Waals surface area contributed by atoms with Crippen molar-refractivity contribution in [3.63, 3.8) is 0 Å². The highest BCUT2D eigenvalue weighted by molar-refractivity contribution is 9.09. The maximum atomic E-state index is 3.75. The van der Waals surface area contributed by atoms with Gasteiger partial charge in [0, 0.05) is 5.33 Å². The standard InChI is InChI=1S/C10H19Br/c1-4-5-10(8-11)7-6-9(2)3/h4,9-10H,1,5-8H2,2-3H3. The van der Waals surface area contributed by atoms with E-state index < -0.39 is 0 Å². The molecule has 0 amide bonds. The van der Waals surface area contributed by atoms with Gasteiger partial charge in [-0.25, -0.2) is 0 Å². The van der Waals surface area contributed by atoms with Gasteiger partial charge in [0.2, 0.25) is 0 Å². The van der Waals surface area contributed by atoms with Crippen LogP contribution in [0.3, 0.4) is 0 Å². The van der Waals surface area contributed by atoms with Crippen LogP contribution in [0.4, 0.5) is 0 Å². The van der Waals surface area contributed by atoms with Gasteiger partial charge in [0.15, 0.2) is 0 Å². The van der Waals surface area contributed by atoms with Gasteiger partial charge in [0.25, 0.3) is 0 Å². The Morgan fingerprint density at radius 3 is 2.36 bits per heavy atom. The molecular formula is C10H19Br. The Balaban J connectivity index is 3.43. The Morgan fingerprint density at radius 2 is 2.00 bits per heavy atom. The fourth-order valence-corrected chi connectivity index (χ4v) is 1.65. The fraction of sp³-hybridized carbons (Fsp3) is 0.800. The Labute approximate surface area is 79.2 Å². The van der Waals surface area contributed by atoms with Gasteiger partial charge in [0.1, 0.15) is 0 Å². The third kappa shape index (κ3) is 6.61.